The molecular formula is C20H25NO4. The van der Waals surface area contributed by atoms with Crippen molar-refractivity contribution in [1.29, 1.82) is 0 Å². The zero-order chi connectivity index (χ0) is 17.2. The van der Waals surface area contributed by atoms with E-state index in [-0.39, 0.29) is 12.2 Å². The van der Waals surface area contributed by atoms with Gasteiger partial charge in [0.2, 0.25) is 0 Å². The predicted octanol–water partition coefficient (Wildman–Crippen LogP) is 2.51. The van der Waals surface area contributed by atoms with Crippen LogP contribution in [0.25, 0.3) is 11.0 Å². The second kappa shape index (κ2) is 7.18. The largest absolute Gasteiger partial charge is 0.490 e. The first-order valence-corrected chi connectivity index (χ1v) is 9.33. The second-order valence-corrected chi connectivity index (χ2v) is 7.16. The summed E-state index contributed by atoms with van der Waals surface area (Å²) in [6.07, 6.45) is 5.68. The number of aryl methyl sites for hydroxylation is 1. The summed E-state index contributed by atoms with van der Waals surface area (Å²) in [6, 6.07) is 5.56. The third-order valence-electron chi connectivity index (χ3n) is 5.31. The van der Waals surface area contributed by atoms with E-state index in [1.807, 2.05) is 18.2 Å². The highest BCUT2D eigenvalue weighted by atomic mass is 16.5. The van der Waals surface area contributed by atoms with Crippen molar-refractivity contribution in [2.75, 3.05) is 26.2 Å². The molecule has 2 aromatic rings. The van der Waals surface area contributed by atoms with Gasteiger partial charge in [-0.3, -0.25) is 0 Å². The number of aliphatic hydroxyl groups excluding tert-OH is 1. The molecule has 25 heavy (non-hydrogen) atoms. The van der Waals surface area contributed by atoms with Crippen LogP contribution in [0.2, 0.25) is 0 Å². The van der Waals surface area contributed by atoms with E-state index < -0.39 is 6.10 Å². The van der Waals surface area contributed by atoms with Gasteiger partial charge in [-0.05, 0) is 69.3 Å². The number of hydrogen-bond acceptors (Lipinski definition) is 5. The molecular weight excluding hydrogens is 318 g/mol. The molecule has 4 rings (SSSR count). The van der Waals surface area contributed by atoms with Crippen molar-refractivity contribution in [2.24, 2.45) is 0 Å². The van der Waals surface area contributed by atoms with E-state index in [0.29, 0.717) is 17.9 Å². The number of rotatable bonds is 5. The Kier molecular flexibility index (Phi) is 4.77. The molecule has 2 aliphatic rings. The standard InChI is InChI=1S/C20H25NO4/c22-14(12-21-10-3-4-11-21)13-24-17-8-5-9-18-19(17)15-6-1-2-7-16(15)20(23)25-18/h5,8-9,14,22H,1-4,6-7,10-13H2. The second-order valence-electron chi connectivity index (χ2n) is 7.16. The number of aliphatic hydroxyl groups is 1. The average Bonchev–Trinajstić information content (AvgIpc) is 3.13. The van der Waals surface area contributed by atoms with Crippen LogP contribution < -0.4 is 10.4 Å². The fourth-order valence-electron chi connectivity index (χ4n) is 4.08. The van der Waals surface area contributed by atoms with E-state index in [9.17, 15) is 9.90 Å². The molecule has 0 amide bonds. The lowest BCUT2D eigenvalue weighted by atomic mass is 9.90. The molecule has 5 nitrogen and oxygen atoms in total. The topological polar surface area (TPSA) is 62.9 Å². The maximum Gasteiger partial charge on any atom is 0.339 e. The molecule has 1 aliphatic carbocycles. The van der Waals surface area contributed by atoms with Crippen molar-refractivity contribution in [3.63, 3.8) is 0 Å². The molecule has 0 saturated carbocycles. The molecule has 0 bridgehead atoms. The van der Waals surface area contributed by atoms with Gasteiger partial charge in [0.1, 0.15) is 24.0 Å². The maximum absolute atomic E-state index is 12.2. The highest BCUT2D eigenvalue weighted by Crippen LogP contribution is 2.33. The SMILES string of the molecule is O=c1oc2cccc(OCC(O)CN3CCCC3)c2c2c1CCCC2. The number of benzene rings is 1. The van der Waals surface area contributed by atoms with Gasteiger partial charge < -0.3 is 19.2 Å². The summed E-state index contributed by atoms with van der Waals surface area (Å²) in [5.74, 6) is 0.708. The zero-order valence-electron chi connectivity index (χ0n) is 14.5. The van der Waals surface area contributed by atoms with Gasteiger partial charge in [-0.15, -0.1) is 0 Å². The summed E-state index contributed by atoms with van der Waals surface area (Å²) >= 11 is 0. The van der Waals surface area contributed by atoms with E-state index in [1.165, 1.54) is 12.8 Å². The molecule has 134 valence electrons. The lowest BCUT2D eigenvalue weighted by Crippen LogP contribution is -2.33. The molecule has 5 heteroatoms. The van der Waals surface area contributed by atoms with Gasteiger partial charge in [0.05, 0.1) is 5.39 Å². The van der Waals surface area contributed by atoms with Crippen molar-refractivity contribution in [3.8, 4) is 5.75 Å². The first kappa shape index (κ1) is 16.6. The van der Waals surface area contributed by atoms with Crippen molar-refractivity contribution in [2.45, 2.75) is 44.6 Å². The summed E-state index contributed by atoms with van der Waals surface area (Å²) in [4.78, 5) is 14.5. The molecule has 1 saturated heterocycles. The Bertz CT molecular complexity index is 807. The van der Waals surface area contributed by atoms with Gasteiger partial charge in [0, 0.05) is 12.1 Å². The van der Waals surface area contributed by atoms with Gasteiger partial charge >= 0.3 is 5.63 Å². The van der Waals surface area contributed by atoms with Crippen LogP contribution in [0.1, 0.15) is 36.8 Å². The average molecular weight is 343 g/mol. The molecule has 0 radical (unpaired) electrons. The maximum atomic E-state index is 12.2. The summed E-state index contributed by atoms with van der Waals surface area (Å²) in [6.45, 7) is 3.02. The Morgan fingerprint density at radius 2 is 1.88 bits per heavy atom. The van der Waals surface area contributed by atoms with E-state index in [0.717, 1.165) is 55.3 Å². The predicted molar refractivity (Wildman–Crippen MR) is 96.3 cm³/mol. The number of β-amino-alcohol motifs (C(OH)–C–C–N with tert-alkyl or cyclic N) is 1. The molecule has 2 heterocycles. The van der Waals surface area contributed by atoms with Crippen molar-refractivity contribution >= 4 is 11.0 Å². The molecule has 1 atom stereocenters. The summed E-state index contributed by atoms with van der Waals surface area (Å²) in [5.41, 5.74) is 2.24. The minimum atomic E-state index is -0.514. The molecule has 1 unspecified atom stereocenters. The van der Waals surface area contributed by atoms with E-state index in [1.54, 1.807) is 0 Å². The minimum Gasteiger partial charge on any atom is -0.490 e. The molecule has 1 aliphatic heterocycles. The summed E-state index contributed by atoms with van der Waals surface area (Å²) in [5, 5.41) is 11.2. The van der Waals surface area contributed by atoms with Crippen LogP contribution in [0.5, 0.6) is 5.75 Å². The number of nitrogens with zero attached hydrogens (tertiary/aromatic N) is 1. The van der Waals surface area contributed by atoms with Crippen LogP contribution in [-0.2, 0) is 12.8 Å². The van der Waals surface area contributed by atoms with Crippen molar-refractivity contribution in [3.05, 3.63) is 39.7 Å². The molecule has 1 aromatic heterocycles. The third-order valence-corrected chi connectivity index (χ3v) is 5.31. The van der Waals surface area contributed by atoms with Gasteiger partial charge in [-0.1, -0.05) is 6.07 Å². The normalized spacial score (nSPS) is 19.1. The van der Waals surface area contributed by atoms with Crippen LogP contribution >= 0.6 is 0 Å². The fourth-order valence-corrected chi connectivity index (χ4v) is 4.08. The minimum absolute atomic E-state index is 0.214. The van der Waals surface area contributed by atoms with E-state index >= 15 is 0 Å². The first-order valence-electron chi connectivity index (χ1n) is 9.33. The Balaban J connectivity index is 1.58. The Morgan fingerprint density at radius 3 is 2.68 bits per heavy atom. The number of likely N-dealkylation sites (tertiary alicyclic amines) is 1. The van der Waals surface area contributed by atoms with Crippen LogP contribution in [0.4, 0.5) is 0 Å². The van der Waals surface area contributed by atoms with E-state index in [4.69, 9.17) is 9.15 Å². The van der Waals surface area contributed by atoms with Crippen LogP contribution in [0.3, 0.4) is 0 Å². The highest BCUT2D eigenvalue weighted by molar-refractivity contribution is 5.87. The lowest BCUT2D eigenvalue weighted by Gasteiger charge is -2.21. The summed E-state index contributed by atoms with van der Waals surface area (Å²) in [7, 11) is 0. The fraction of sp³-hybridized carbons (Fsp3) is 0.550. The van der Waals surface area contributed by atoms with Gasteiger partial charge in [-0.2, -0.15) is 0 Å². The van der Waals surface area contributed by atoms with Crippen LogP contribution in [-0.4, -0.2) is 42.4 Å². The van der Waals surface area contributed by atoms with Gasteiger partial charge in [0.15, 0.2) is 0 Å². The monoisotopic (exact) mass is 343 g/mol. The Morgan fingerprint density at radius 1 is 1.12 bits per heavy atom. The number of fused-ring (bicyclic) bond motifs is 3. The zero-order valence-corrected chi connectivity index (χ0v) is 14.5. The first-order chi connectivity index (χ1) is 12.2. The Labute approximate surface area is 147 Å². The molecule has 1 fully saturated rings. The van der Waals surface area contributed by atoms with Crippen molar-refractivity contribution in [1.82, 2.24) is 4.90 Å². The number of hydrogen-bond donors (Lipinski definition) is 1. The number of ether oxygens (including phenoxy) is 1. The summed E-state index contributed by atoms with van der Waals surface area (Å²) < 4.78 is 11.5. The Hall–Kier alpha value is -1.85. The molecule has 1 aromatic carbocycles. The van der Waals surface area contributed by atoms with Crippen LogP contribution in [0, 0.1) is 0 Å². The highest BCUT2D eigenvalue weighted by Gasteiger charge is 2.21. The lowest BCUT2D eigenvalue weighted by molar-refractivity contribution is 0.0764. The van der Waals surface area contributed by atoms with Gasteiger partial charge in [0.25, 0.3) is 0 Å². The molecule has 0 spiro atoms. The van der Waals surface area contributed by atoms with Crippen molar-refractivity contribution < 1.29 is 14.3 Å². The van der Waals surface area contributed by atoms with E-state index in [2.05, 4.69) is 4.90 Å². The third kappa shape index (κ3) is 3.44. The van der Waals surface area contributed by atoms with Crippen LogP contribution in [0.15, 0.2) is 27.4 Å². The quantitative estimate of drug-likeness (QED) is 0.845. The van der Waals surface area contributed by atoms with Gasteiger partial charge in [-0.25, -0.2) is 4.79 Å². The molecule has 1 N–H and O–H groups in total. The smallest absolute Gasteiger partial charge is 0.339 e.